The molecule has 1 aliphatic rings. The zero-order chi connectivity index (χ0) is 14.7. The Bertz CT molecular complexity index is 617. The van der Waals surface area contributed by atoms with Gasteiger partial charge in [0.25, 0.3) is 0 Å². The Balaban J connectivity index is 1.76. The zero-order valence-electron chi connectivity index (χ0n) is 12.5. The van der Waals surface area contributed by atoms with Crippen LogP contribution >= 0.6 is 0 Å². The van der Waals surface area contributed by atoms with Gasteiger partial charge >= 0.3 is 0 Å². The molecule has 1 aromatic carbocycles. The first kappa shape index (κ1) is 14.1. The first-order chi connectivity index (χ1) is 10.3. The number of methoxy groups -OCH3 is 1. The van der Waals surface area contributed by atoms with Crippen LogP contribution in [-0.4, -0.2) is 56.4 Å². The number of hydrogen-bond acceptors (Lipinski definition) is 5. The maximum absolute atomic E-state index is 5.77. The second-order valence-corrected chi connectivity index (χ2v) is 5.38. The van der Waals surface area contributed by atoms with Crippen LogP contribution in [0.15, 0.2) is 30.5 Å². The fourth-order valence-electron chi connectivity index (χ4n) is 2.62. The molecule has 1 fully saturated rings. The summed E-state index contributed by atoms with van der Waals surface area (Å²) in [7, 11) is 3.80. The minimum atomic E-state index is 0.200. The van der Waals surface area contributed by atoms with Crippen LogP contribution < -0.4 is 10.1 Å². The van der Waals surface area contributed by atoms with Crippen molar-refractivity contribution in [3.05, 3.63) is 30.5 Å². The van der Waals surface area contributed by atoms with Crippen molar-refractivity contribution < 1.29 is 9.47 Å². The summed E-state index contributed by atoms with van der Waals surface area (Å²) in [5.41, 5.74) is 0. The van der Waals surface area contributed by atoms with Gasteiger partial charge in [-0.15, -0.1) is 0 Å². The van der Waals surface area contributed by atoms with Crippen LogP contribution in [0.4, 0.5) is 5.82 Å². The molecule has 0 amide bonds. The topological polar surface area (TPSA) is 46.6 Å². The van der Waals surface area contributed by atoms with Gasteiger partial charge in [0.05, 0.1) is 19.8 Å². The molecule has 3 rings (SSSR count). The van der Waals surface area contributed by atoms with Gasteiger partial charge in [-0.1, -0.05) is 6.07 Å². The number of benzene rings is 1. The summed E-state index contributed by atoms with van der Waals surface area (Å²) >= 11 is 0. The lowest BCUT2D eigenvalue weighted by molar-refractivity contribution is -0.0117. The second kappa shape index (κ2) is 6.28. The van der Waals surface area contributed by atoms with Crippen molar-refractivity contribution in [1.82, 2.24) is 9.88 Å². The van der Waals surface area contributed by atoms with Crippen molar-refractivity contribution in [3.63, 3.8) is 0 Å². The van der Waals surface area contributed by atoms with E-state index in [0.717, 1.165) is 48.6 Å². The van der Waals surface area contributed by atoms with Crippen LogP contribution in [0.25, 0.3) is 10.8 Å². The molecule has 0 saturated carbocycles. The molecular weight excluding hydrogens is 266 g/mol. The summed E-state index contributed by atoms with van der Waals surface area (Å²) in [6.45, 7) is 3.49. The third-order valence-electron chi connectivity index (χ3n) is 3.81. The number of anilines is 1. The van der Waals surface area contributed by atoms with Crippen molar-refractivity contribution in [3.8, 4) is 5.75 Å². The summed E-state index contributed by atoms with van der Waals surface area (Å²) in [6, 6.07) is 8.03. The average molecular weight is 287 g/mol. The standard InChI is InChI=1S/C16H21N3O2/c1-19-7-8-21-14(11-19)10-18-16-15-9-13(20-2)4-3-12(15)5-6-17-16/h3-6,9,14H,7-8,10-11H2,1-2H3,(H,17,18). The Morgan fingerprint density at radius 1 is 1.43 bits per heavy atom. The van der Waals surface area contributed by atoms with Crippen LogP contribution in [0.3, 0.4) is 0 Å². The van der Waals surface area contributed by atoms with E-state index in [1.807, 2.05) is 30.5 Å². The fourth-order valence-corrected chi connectivity index (χ4v) is 2.62. The molecule has 1 N–H and O–H groups in total. The third kappa shape index (κ3) is 3.25. The lowest BCUT2D eigenvalue weighted by Crippen LogP contribution is -2.43. The number of rotatable bonds is 4. The number of pyridine rings is 1. The minimum Gasteiger partial charge on any atom is -0.497 e. The van der Waals surface area contributed by atoms with Gasteiger partial charge < -0.3 is 19.7 Å². The Morgan fingerprint density at radius 2 is 2.33 bits per heavy atom. The van der Waals surface area contributed by atoms with E-state index in [2.05, 4.69) is 22.2 Å². The number of nitrogens with zero attached hydrogens (tertiary/aromatic N) is 2. The molecule has 21 heavy (non-hydrogen) atoms. The second-order valence-electron chi connectivity index (χ2n) is 5.38. The highest BCUT2D eigenvalue weighted by Gasteiger charge is 2.17. The number of morpholine rings is 1. The molecule has 1 aliphatic heterocycles. The highest BCUT2D eigenvalue weighted by Crippen LogP contribution is 2.25. The Morgan fingerprint density at radius 3 is 3.14 bits per heavy atom. The highest BCUT2D eigenvalue weighted by molar-refractivity contribution is 5.92. The van der Waals surface area contributed by atoms with Gasteiger partial charge in [0.1, 0.15) is 11.6 Å². The molecule has 0 aliphatic carbocycles. The molecule has 1 unspecified atom stereocenters. The number of ether oxygens (including phenoxy) is 2. The van der Waals surface area contributed by atoms with Gasteiger partial charge in [-0.05, 0) is 30.6 Å². The maximum atomic E-state index is 5.77. The van der Waals surface area contributed by atoms with Crippen LogP contribution in [-0.2, 0) is 4.74 Å². The Kier molecular flexibility index (Phi) is 4.22. The van der Waals surface area contributed by atoms with E-state index in [4.69, 9.17) is 9.47 Å². The summed E-state index contributed by atoms with van der Waals surface area (Å²) in [5, 5.41) is 5.63. The van der Waals surface area contributed by atoms with E-state index in [9.17, 15) is 0 Å². The normalized spacial score (nSPS) is 19.6. The lowest BCUT2D eigenvalue weighted by atomic mass is 10.1. The van der Waals surface area contributed by atoms with Crippen LogP contribution in [0.2, 0.25) is 0 Å². The zero-order valence-corrected chi connectivity index (χ0v) is 12.5. The van der Waals surface area contributed by atoms with E-state index >= 15 is 0 Å². The van der Waals surface area contributed by atoms with E-state index in [1.165, 1.54) is 0 Å². The van der Waals surface area contributed by atoms with Crippen LogP contribution in [0.5, 0.6) is 5.75 Å². The van der Waals surface area contributed by atoms with Gasteiger partial charge in [-0.25, -0.2) is 4.98 Å². The Labute approximate surface area is 124 Å². The average Bonchev–Trinajstić information content (AvgIpc) is 2.52. The van der Waals surface area contributed by atoms with Crippen molar-refractivity contribution in [2.75, 3.05) is 45.7 Å². The van der Waals surface area contributed by atoms with E-state index in [0.29, 0.717) is 0 Å². The molecule has 0 radical (unpaired) electrons. The molecule has 5 heteroatoms. The molecule has 2 heterocycles. The maximum Gasteiger partial charge on any atom is 0.134 e. The van der Waals surface area contributed by atoms with Gasteiger partial charge in [-0.3, -0.25) is 0 Å². The van der Waals surface area contributed by atoms with E-state index < -0.39 is 0 Å². The molecule has 112 valence electrons. The largest absolute Gasteiger partial charge is 0.497 e. The molecular formula is C16H21N3O2. The summed E-state index contributed by atoms with van der Waals surface area (Å²) in [6.07, 6.45) is 2.02. The van der Waals surface area contributed by atoms with Crippen molar-refractivity contribution in [1.29, 1.82) is 0 Å². The summed E-state index contributed by atoms with van der Waals surface area (Å²) in [5.74, 6) is 1.72. The molecule has 0 bridgehead atoms. The minimum absolute atomic E-state index is 0.200. The van der Waals surface area contributed by atoms with Gasteiger partial charge in [0.15, 0.2) is 0 Å². The fraction of sp³-hybridized carbons (Fsp3) is 0.438. The quantitative estimate of drug-likeness (QED) is 0.932. The van der Waals surface area contributed by atoms with Gasteiger partial charge in [-0.2, -0.15) is 0 Å². The van der Waals surface area contributed by atoms with Crippen LogP contribution in [0, 0.1) is 0 Å². The monoisotopic (exact) mass is 287 g/mol. The predicted molar refractivity (Wildman–Crippen MR) is 84.0 cm³/mol. The van der Waals surface area contributed by atoms with Crippen molar-refractivity contribution in [2.45, 2.75) is 6.10 Å². The molecule has 1 saturated heterocycles. The smallest absolute Gasteiger partial charge is 0.134 e. The predicted octanol–water partition coefficient (Wildman–Crippen LogP) is 1.99. The highest BCUT2D eigenvalue weighted by atomic mass is 16.5. The third-order valence-corrected chi connectivity index (χ3v) is 3.81. The number of likely N-dealkylation sites (N-methyl/N-ethyl adjacent to an activating group) is 1. The SMILES string of the molecule is COc1ccc2ccnc(NCC3CN(C)CCO3)c2c1. The first-order valence-corrected chi connectivity index (χ1v) is 7.23. The number of nitrogens with one attached hydrogen (secondary N) is 1. The molecule has 5 nitrogen and oxygen atoms in total. The molecule has 1 aromatic heterocycles. The molecule has 2 aromatic rings. The van der Waals surface area contributed by atoms with Crippen LogP contribution in [0.1, 0.15) is 0 Å². The molecule has 1 atom stereocenters. The number of aromatic nitrogens is 1. The van der Waals surface area contributed by atoms with Crippen molar-refractivity contribution in [2.24, 2.45) is 0 Å². The number of hydrogen-bond donors (Lipinski definition) is 1. The van der Waals surface area contributed by atoms with Crippen molar-refractivity contribution >= 4 is 16.6 Å². The summed E-state index contributed by atoms with van der Waals surface area (Å²) in [4.78, 5) is 6.74. The first-order valence-electron chi connectivity index (χ1n) is 7.23. The van der Waals surface area contributed by atoms with E-state index in [1.54, 1.807) is 7.11 Å². The molecule has 0 spiro atoms. The lowest BCUT2D eigenvalue weighted by Gasteiger charge is -2.30. The summed E-state index contributed by atoms with van der Waals surface area (Å²) < 4.78 is 11.1. The number of fused-ring (bicyclic) bond motifs is 1. The van der Waals surface area contributed by atoms with E-state index in [-0.39, 0.29) is 6.10 Å². The van der Waals surface area contributed by atoms with Gasteiger partial charge in [0, 0.05) is 31.2 Å². The Hall–Kier alpha value is -1.85. The van der Waals surface area contributed by atoms with Gasteiger partial charge in [0.2, 0.25) is 0 Å².